The van der Waals surface area contributed by atoms with Crippen molar-refractivity contribution in [2.45, 2.75) is 31.8 Å². The minimum absolute atomic E-state index is 0.0461. The van der Waals surface area contributed by atoms with Gasteiger partial charge < -0.3 is 5.11 Å². The zero-order chi connectivity index (χ0) is 17.4. The van der Waals surface area contributed by atoms with Gasteiger partial charge in [-0.05, 0) is 49.6 Å². The number of carboxylic acids is 1. The number of hydrogen-bond donors (Lipinski definition) is 1. The maximum Gasteiger partial charge on any atom is 0.320 e. The molecular formula is C20H20N2O2S. The second kappa shape index (κ2) is 6.58. The maximum atomic E-state index is 11.8. The summed E-state index contributed by atoms with van der Waals surface area (Å²) in [6.45, 7) is 2.89. The second-order valence-corrected chi connectivity index (χ2v) is 7.82. The Labute approximate surface area is 150 Å². The van der Waals surface area contributed by atoms with Crippen LogP contribution in [0.1, 0.15) is 34.2 Å². The van der Waals surface area contributed by atoms with Crippen molar-refractivity contribution in [3.05, 3.63) is 64.0 Å². The van der Waals surface area contributed by atoms with Crippen molar-refractivity contribution in [3.8, 4) is 0 Å². The Kier molecular flexibility index (Phi) is 4.27. The number of nitrogens with zero attached hydrogens (tertiary/aromatic N) is 2. The fourth-order valence-corrected chi connectivity index (χ4v) is 4.83. The summed E-state index contributed by atoms with van der Waals surface area (Å²) in [6, 6.07) is 13.9. The van der Waals surface area contributed by atoms with Crippen LogP contribution in [0.3, 0.4) is 0 Å². The Morgan fingerprint density at radius 3 is 2.88 bits per heavy atom. The molecule has 3 aromatic rings. The maximum absolute atomic E-state index is 11.8. The first-order valence-corrected chi connectivity index (χ1v) is 9.35. The zero-order valence-electron chi connectivity index (χ0n) is 14.1. The van der Waals surface area contributed by atoms with E-state index in [2.05, 4.69) is 35.0 Å². The van der Waals surface area contributed by atoms with Gasteiger partial charge in [0.2, 0.25) is 0 Å². The second-order valence-electron chi connectivity index (χ2n) is 6.50. The standard InChI is InChI=1S/C20H20N2O2S/c1-13-8-9-18(25-13)19(22-12-4-7-17(22)20(23)24)15-10-11-21-16-6-3-2-5-14(15)16/h2-3,5-6,8-11,17,19H,4,7,12H2,1H3,(H,23,24). The molecule has 4 nitrogen and oxygen atoms in total. The number of likely N-dealkylation sites (tertiary alicyclic amines) is 1. The molecular weight excluding hydrogens is 332 g/mol. The Hall–Kier alpha value is -2.24. The van der Waals surface area contributed by atoms with E-state index in [4.69, 9.17) is 0 Å². The van der Waals surface area contributed by atoms with Gasteiger partial charge in [-0.2, -0.15) is 0 Å². The van der Waals surface area contributed by atoms with E-state index in [-0.39, 0.29) is 6.04 Å². The van der Waals surface area contributed by atoms with Gasteiger partial charge in [-0.1, -0.05) is 18.2 Å². The lowest BCUT2D eigenvalue weighted by Gasteiger charge is -2.31. The molecule has 25 heavy (non-hydrogen) atoms. The van der Waals surface area contributed by atoms with Gasteiger partial charge in [-0.25, -0.2) is 0 Å². The molecule has 0 bridgehead atoms. The van der Waals surface area contributed by atoms with Crippen LogP contribution >= 0.6 is 11.3 Å². The van der Waals surface area contributed by atoms with Crippen molar-refractivity contribution in [3.63, 3.8) is 0 Å². The summed E-state index contributed by atoms with van der Waals surface area (Å²) in [5.41, 5.74) is 2.09. The molecule has 2 unspecified atom stereocenters. The van der Waals surface area contributed by atoms with Crippen molar-refractivity contribution < 1.29 is 9.90 Å². The van der Waals surface area contributed by atoms with E-state index in [9.17, 15) is 9.90 Å². The molecule has 1 saturated heterocycles. The fourth-order valence-electron chi connectivity index (χ4n) is 3.82. The minimum atomic E-state index is -0.728. The summed E-state index contributed by atoms with van der Waals surface area (Å²) >= 11 is 1.74. The minimum Gasteiger partial charge on any atom is -0.480 e. The molecule has 0 radical (unpaired) electrons. The van der Waals surface area contributed by atoms with Crippen LogP contribution in [-0.4, -0.2) is 33.5 Å². The molecule has 3 heterocycles. The lowest BCUT2D eigenvalue weighted by molar-refractivity contribution is -0.142. The molecule has 1 N–H and O–H groups in total. The van der Waals surface area contributed by atoms with Crippen molar-refractivity contribution >= 4 is 28.2 Å². The van der Waals surface area contributed by atoms with E-state index in [0.717, 1.165) is 29.4 Å². The smallest absolute Gasteiger partial charge is 0.320 e. The van der Waals surface area contributed by atoms with E-state index in [1.807, 2.05) is 30.5 Å². The van der Waals surface area contributed by atoms with Crippen molar-refractivity contribution in [1.29, 1.82) is 0 Å². The first-order valence-electron chi connectivity index (χ1n) is 8.53. The number of aromatic nitrogens is 1. The summed E-state index contributed by atoms with van der Waals surface area (Å²) in [5.74, 6) is -0.728. The van der Waals surface area contributed by atoms with Crippen LogP contribution in [-0.2, 0) is 4.79 Å². The average molecular weight is 352 g/mol. The third-order valence-corrected chi connectivity index (χ3v) is 5.97. The van der Waals surface area contributed by atoms with E-state index in [1.165, 1.54) is 9.75 Å². The highest BCUT2D eigenvalue weighted by atomic mass is 32.1. The molecule has 0 aliphatic carbocycles. The molecule has 1 aliphatic heterocycles. The van der Waals surface area contributed by atoms with Crippen LogP contribution in [0.15, 0.2) is 48.7 Å². The molecule has 5 heteroatoms. The molecule has 2 atom stereocenters. The Morgan fingerprint density at radius 2 is 2.12 bits per heavy atom. The monoisotopic (exact) mass is 352 g/mol. The summed E-state index contributed by atoms with van der Waals surface area (Å²) in [7, 11) is 0. The third-order valence-electron chi connectivity index (χ3n) is 4.92. The predicted molar refractivity (Wildman–Crippen MR) is 100 cm³/mol. The highest BCUT2D eigenvalue weighted by Gasteiger charge is 2.37. The van der Waals surface area contributed by atoms with Gasteiger partial charge in [0.15, 0.2) is 0 Å². The molecule has 1 aromatic carbocycles. The summed E-state index contributed by atoms with van der Waals surface area (Å²) in [6.07, 6.45) is 3.46. The number of hydrogen-bond acceptors (Lipinski definition) is 4. The normalized spacial score (nSPS) is 19.3. The third kappa shape index (κ3) is 2.94. The van der Waals surface area contributed by atoms with Gasteiger partial charge in [-0.3, -0.25) is 14.7 Å². The van der Waals surface area contributed by atoms with E-state index in [1.54, 1.807) is 11.3 Å². The van der Waals surface area contributed by atoms with Crippen LogP contribution in [0.2, 0.25) is 0 Å². The van der Waals surface area contributed by atoms with Crippen LogP contribution in [0, 0.1) is 6.92 Å². The molecule has 1 fully saturated rings. The van der Waals surface area contributed by atoms with Gasteiger partial charge in [0.25, 0.3) is 0 Å². The van der Waals surface area contributed by atoms with E-state index in [0.29, 0.717) is 6.42 Å². The number of para-hydroxylation sites is 1. The number of fused-ring (bicyclic) bond motifs is 1. The highest BCUT2D eigenvalue weighted by molar-refractivity contribution is 7.12. The molecule has 0 saturated carbocycles. The fraction of sp³-hybridized carbons (Fsp3) is 0.300. The van der Waals surface area contributed by atoms with Gasteiger partial charge >= 0.3 is 5.97 Å². The largest absolute Gasteiger partial charge is 0.480 e. The molecule has 0 spiro atoms. The molecule has 4 rings (SSSR count). The number of aliphatic carboxylic acids is 1. The number of rotatable bonds is 4. The average Bonchev–Trinajstić information content (AvgIpc) is 3.25. The van der Waals surface area contributed by atoms with Crippen molar-refractivity contribution in [1.82, 2.24) is 9.88 Å². The summed E-state index contributed by atoms with van der Waals surface area (Å²) in [5, 5.41) is 10.8. The first-order chi connectivity index (χ1) is 12.1. The van der Waals surface area contributed by atoms with Gasteiger partial charge in [0.1, 0.15) is 6.04 Å². The van der Waals surface area contributed by atoms with Gasteiger partial charge in [0, 0.05) is 27.9 Å². The van der Waals surface area contributed by atoms with Gasteiger partial charge in [0.05, 0.1) is 11.6 Å². The Balaban J connectivity index is 1.90. The number of thiophene rings is 1. The molecule has 2 aromatic heterocycles. The quantitative estimate of drug-likeness (QED) is 0.763. The van der Waals surface area contributed by atoms with Crippen LogP contribution in [0.4, 0.5) is 0 Å². The van der Waals surface area contributed by atoms with E-state index >= 15 is 0 Å². The highest BCUT2D eigenvalue weighted by Crippen LogP contribution is 2.40. The Bertz CT molecular complexity index is 915. The molecule has 0 amide bonds. The summed E-state index contributed by atoms with van der Waals surface area (Å²) < 4.78 is 0. The predicted octanol–water partition coefficient (Wildman–Crippen LogP) is 4.24. The number of pyridine rings is 1. The molecule has 1 aliphatic rings. The zero-order valence-corrected chi connectivity index (χ0v) is 14.9. The van der Waals surface area contributed by atoms with Crippen LogP contribution in [0.5, 0.6) is 0 Å². The SMILES string of the molecule is Cc1ccc(C(c2ccnc3ccccc23)N2CCCC2C(=O)O)s1. The summed E-state index contributed by atoms with van der Waals surface area (Å²) in [4.78, 5) is 20.9. The van der Waals surface area contributed by atoms with Crippen LogP contribution < -0.4 is 0 Å². The first kappa shape index (κ1) is 16.2. The lowest BCUT2D eigenvalue weighted by atomic mass is 9.98. The van der Waals surface area contributed by atoms with Crippen LogP contribution in [0.25, 0.3) is 10.9 Å². The van der Waals surface area contributed by atoms with E-state index < -0.39 is 12.0 Å². The number of benzene rings is 1. The van der Waals surface area contributed by atoms with Crippen molar-refractivity contribution in [2.75, 3.05) is 6.54 Å². The lowest BCUT2D eigenvalue weighted by Crippen LogP contribution is -2.39. The van der Waals surface area contributed by atoms with Crippen molar-refractivity contribution in [2.24, 2.45) is 0 Å². The topological polar surface area (TPSA) is 53.4 Å². The van der Waals surface area contributed by atoms with Gasteiger partial charge in [-0.15, -0.1) is 11.3 Å². The number of carboxylic acid groups (broad SMARTS) is 1. The number of carbonyl (C=O) groups is 1. The Morgan fingerprint density at radius 1 is 1.28 bits per heavy atom. The number of aryl methyl sites for hydroxylation is 1. The molecule has 128 valence electrons.